The molecule has 1 aliphatic carbocycles. The maximum absolute atomic E-state index is 11.5. The molecule has 0 amide bonds. The van der Waals surface area contributed by atoms with E-state index in [-0.39, 0.29) is 23.6 Å². The number of methoxy groups -OCH3 is 1. The number of carbonyl (C=O) groups is 1. The Morgan fingerprint density at radius 3 is 2.90 bits per heavy atom. The van der Waals surface area contributed by atoms with E-state index in [1.165, 1.54) is 13.2 Å². The van der Waals surface area contributed by atoms with E-state index >= 15 is 0 Å². The van der Waals surface area contributed by atoms with Gasteiger partial charge in [-0.15, -0.1) is 0 Å². The first-order valence-electron chi connectivity index (χ1n) is 6.29. The summed E-state index contributed by atoms with van der Waals surface area (Å²) < 4.78 is 5.55. The van der Waals surface area contributed by atoms with Gasteiger partial charge in [-0.25, -0.2) is 0 Å². The predicted octanol–water partition coefficient (Wildman–Crippen LogP) is 2.95. The van der Waals surface area contributed by atoms with Crippen LogP contribution in [0.3, 0.4) is 0 Å². The molecule has 1 aliphatic rings. The van der Waals surface area contributed by atoms with Gasteiger partial charge in [-0.2, -0.15) is 0 Å². The largest absolute Gasteiger partial charge is 0.469 e. The van der Waals surface area contributed by atoms with Crippen LogP contribution in [0.5, 0.6) is 0 Å². The lowest BCUT2D eigenvalue weighted by Gasteiger charge is -2.14. The fourth-order valence-corrected chi connectivity index (χ4v) is 2.97. The Hall–Kier alpha value is -1.38. The molecule has 0 aliphatic heterocycles. The van der Waals surface area contributed by atoms with Crippen LogP contribution in [-0.4, -0.2) is 24.0 Å². The van der Waals surface area contributed by atoms with Crippen molar-refractivity contribution in [1.29, 1.82) is 0 Å². The van der Waals surface area contributed by atoms with Crippen LogP contribution in [0.2, 0.25) is 0 Å². The van der Waals surface area contributed by atoms with E-state index in [9.17, 15) is 14.9 Å². The monoisotopic (exact) mass is 390 g/mol. The highest BCUT2D eigenvalue weighted by Gasteiger charge is 2.31. The number of nitrogens with zero attached hydrogens (tertiary/aromatic N) is 1. The number of esters is 1. The summed E-state index contributed by atoms with van der Waals surface area (Å²) in [7, 11) is 1.38. The summed E-state index contributed by atoms with van der Waals surface area (Å²) in [5.41, 5.74) is 0.573. The topological polar surface area (TPSA) is 81.5 Å². The van der Waals surface area contributed by atoms with E-state index in [2.05, 4.69) is 5.32 Å². The molecule has 1 saturated carbocycles. The van der Waals surface area contributed by atoms with E-state index in [1.807, 2.05) is 28.7 Å². The van der Waals surface area contributed by atoms with Gasteiger partial charge in [0.15, 0.2) is 0 Å². The highest BCUT2D eigenvalue weighted by molar-refractivity contribution is 14.1. The fraction of sp³-hybridized carbons (Fsp3) is 0.462. The molecular formula is C13H15IN2O4. The number of anilines is 1. The maximum Gasteiger partial charge on any atom is 0.308 e. The van der Waals surface area contributed by atoms with Gasteiger partial charge < -0.3 is 10.1 Å². The number of nitrogens with one attached hydrogen (secondary N) is 1. The van der Waals surface area contributed by atoms with E-state index in [0.29, 0.717) is 12.1 Å². The predicted molar refractivity (Wildman–Crippen MR) is 82.6 cm³/mol. The zero-order valence-electron chi connectivity index (χ0n) is 11.0. The summed E-state index contributed by atoms with van der Waals surface area (Å²) in [6.07, 6.45) is 2.21. The lowest BCUT2D eigenvalue weighted by atomic mass is 10.1. The van der Waals surface area contributed by atoms with Crippen molar-refractivity contribution in [3.63, 3.8) is 0 Å². The molecular weight excluding hydrogens is 375 g/mol. The average molecular weight is 390 g/mol. The highest BCUT2D eigenvalue weighted by atomic mass is 127. The fourth-order valence-electron chi connectivity index (χ4n) is 2.49. The van der Waals surface area contributed by atoms with Crippen LogP contribution in [-0.2, 0) is 9.53 Å². The van der Waals surface area contributed by atoms with Crippen LogP contribution in [0, 0.1) is 19.6 Å². The zero-order chi connectivity index (χ0) is 14.7. The Labute approximate surface area is 130 Å². The summed E-state index contributed by atoms with van der Waals surface area (Å²) in [5.74, 6) is -0.313. The molecule has 7 heteroatoms. The maximum atomic E-state index is 11.5. The molecule has 0 unspecified atom stereocenters. The number of hydrogen-bond donors (Lipinski definition) is 1. The second-order valence-corrected chi connectivity index (χ2v) is 6.04. The van der Waals surface area contributed by atoms with E-state index < -0.39 is 4.92 Å². The number of carbonyl (C=O) groups excluding carboxylic acids is 1. The van der Waals surface area contributed by atoms with Gasteiger partial charge in [0.25, 0.3) is 5.69 Å². The molecule has 0 radical (unpaired) electrons. The normalized spacial score (nSPS) is 21.5. The van der Waals surface area contributed by atoms with Crippen molar-refractivity contribution < 1.29 is 14.5 Å². The number of nitro benzene ring substituents is 1. The summed E-state index contributed by atoms with van der Waals surface area (Å²) in [6.45, 7) is 0. The number of rotatable bonds is 4. The van der Waals surface area contributed by atoms with Crippen molar-refractivity contribution in [2.75, 3.05) is 12.4 Å². The lowest BCUT2D eigenvalue weighted by Crippen LogP contribution is -2.19. The Kier molecular flexibility index (Phi) is 4.79. The van der Waals surface area contributed by atoms with Gasteiger partial charge in [0.05, 0.1) is 18.0 Å². The molecule has 1 N–H and O–H groups in total. The third kappa shape index (κ3) is 3.38. The first kappa shape index (κ1) is 15.0. The summed E-state index contributed by atoms with van der Waals surface area (Å²) >= 11 is 2.04. The molecule has 0 heterocycles. The van der Waals surface area contributed by atoms with Gasteiger partial charge in [0, 0.05) is 15.7 Å². The molecule has 1 fully saturated rings. The van der Waals surface area contributed by atoms with E-state index in [0.717, 1.165) is 16.4 Å². The number of ether oxygens (including phenoxy) is 1. The molecule has 20 heavy (non-hydrogen) atoms. The van der Waals surface area contributed by atoms with Gasteiger partial charge in [-0.1, -0.05) is 0 Å². The van der Waals surface area contributed by atoms with Crippen molar-refractivity contribution >= 4 is 39.9 Å². The quantitative estimate of drug-likeness (QED) is 0.370. The van der Waals surface area contributed by atoms with Crippen LogP contribution in [0.1, 0.15) is 19.3 Å². The molecule has 1 aromatic rings. The van der Waals surface area contributed by atoms with Gasteiger partial charge in [0.1, 0.15) is 5.69 Å². The first-order valence-corrected chi connectivity index (χ1v) is 7.37. The SMILES string of the molecule is COC(=O)[C@H]1CC[C@@H](Nc2ccc(I)cc2[N+](=O)[O-])C1. The Morgan fingerprint density at radius 1 is 1.50 bits per heavy atom. The van der Waals surface area contributed by atoms with Gasteiger partial charge >= 0.3 is 5.97 Å². The second kappa shape index (κ2) is 6.38. The van der Waals surface area contributed by atoms with Crippen LogP contribution in [0.15, 0.2) is 18.2 Å². The number of halogens is 1. The minimum Gasteiger partial charge on any atom is -0.469 e. The lowest BCUT2D eigenvalue weighted by molar-refractivity contribution is -0.384. The van der Waals surface area contributed by atoms with Crippen molar-refractivity contribution in [3.8, 4) is 0 Å². The summed E-state index contributed by atoms with van der Waals surface area (Å²) in [4.78, 5) is 22.1. The summed E-state index contributed by atoms with van der Waals surface area (Å²) in [6, 6.07) is 5.14. The van der Waals surface area contributed by atoms with Crippen molar-refractivity contribution in [2.24, 2.45) is 5.92 Å². The van der Waals surface area contributed by atoms with Gasteiger partial charge in [-0.3, -0.25) is 14.9 Å². The van der Waals surface area contributed by atoms with Crippen molar-refractivity contribution in [3.05, 3.63) is 31.9 Å². The molecule has 108 valence electrons. The van der Waals surface area contributed by atoms with E-state index in [1.54, 1.807) is 6.07 Å². The number of benzene rings is 1. The number of nitro groups is 1. The zero-order valence-corrected chi connectivity index (χ0v) is 13.1. The Balaban J connectivity index is 2.08. The standard InChI is InChI=1S/C13H15IN2O4/c1-20-13(17)8-2-4-10(6-8)15-11-5-3-9(14)7-12(11)16(18)19/h3,5,7-8,10,15H,2,4,6H2,1H3/t8-,10+/m0/s1. The van der Waals surface area contributed by atoms with Crippen LogP contribution >= 0.6 is 22.6 Å². The third-order valence-corrected chi connectivity index (χ3v) is 4.15. The highest BCUT2D eigenvalue weighted by Crippen LogP contribution is 2.32. The minimum absolute atomic E-state index is 0.0675. The van der Waals surface area contributed by atoms with Gasteiger partial charge in [0.2, 0.25) is 0 Å². The van der Waals surface area contributed by atoms with Crippen LogP contribution < -0.4 is 5.32 Å². The third-order valence-electron chi connectivity index (χ3n) is 3.48. The van der Waals surface area contributed by atoms with E-state index in [4.69, 9.17) is 4.74 Å². The van der Waals surface area contributed by atoms with Gasteiger partial charge in [-0.05, 0) is 54.0 Å². The molecule has 0 saturated heterocycles. The molecule has 2 rings (SSSR count). The first-order chi connectivity index (χ1) is 9.51. The molecule has 1 aromatic carbocycles. The molecule has 6 nitrogen and oxygen atoms in total. The summed E-state index contributed by atoms with van der Waals surface area (Å²) in [5, 5.41) is 14.2. The molecule has 0 spiro atoms. The molecule has 0 aromatic heterocycles. The van der Waals surface area contributed by atoms with Crippen molar-refractivity contribution in [2.45, 2.75) is 25.3 Å². The molecule has 0 bridgehead atoms. The van der Waals surface area contributed by atoms with Crippen molar-refractivity contribution in [1.82, 2.24) is 0 Å². The Morgan fingerprint density at radius 2 is 2.25 bits per heavy atom. The smallest absolute Gasteiger partial charge is 0.308 e. The minimum atomic E-state index is -0.392. The second-order valence-electron chi connectivity index (χ2n) is 4.79. The number of hydrogen-bond acceptors (Lipinski definition) is 5. The van der Waals surface area contributed by atoms with Crippen LogP contribution in [0.4, 0.5) is 11.4 Å². The van der Waals surface area contributed by atoms with Crippen LogP contribution in [0.25, 0.3) is 0 Å². The Bertz CT molecular complexity index is 535. The average Bonchev–Trinajstić information content (AvgIpc) is 2.88. The molecule has 2 atom stereocenters.